The van der Waals surface area contributed by atoms with Gasteiger partial charge in [0.15, 0.2) is 5.11 Å². The number of thiocarbonyl (C=S) groups is 1. The number of benzene rings is 1. The zero-order valence-corrected chi connectivity index (χ0v) is 14.7. The van der Waals surface area contributed by atoms with E-state index in [4.69, 9.17) is 17.0 Å². The Balaban J connectivity index is 1.43. The maximum atomic E-state index is 5.48. The molecule has 0 radical (unpaired) electrons. The summed E-state index contributed by atoms with van der Waals surface area (Å²) in [5.74, 6) is 0. The van der Waals surface area contributed by atoms with E-state index in [-0.39, 0.29) is 0 Å². The van der Waals surface area contributed by atoms with Gasteiger partial charge in [0, 0.05) is 44.1 Å². The van der Waals surface area contributed by atoms with Crippen LogP contribution in [0.1, 0.15) is 31.2 Å². The number of rotatable bonds is 3. The first-order valence-electron chi connectivity index (χ1n) is 8.67. The van der Waals surface area contributed by atoms with Gasteiger partial charge < -0.3 is 20.3 Å². The summed E-state index contributed by atoms with van der Waals surface area (Å²) in [5.41, 5.74) is 2.30. The topological polar surface area (TPSA) is 36.5 Å². The second-order valence-electron chi connectivity index (χ2n) is 6.57. The molecule has 0 saturated carbocycles. The largest absolute Gasteiger partial charge is 0.381 e. The van der Waals surface area contributed by atoms with Gasteiger partial charge in [-0.1, -0.05) is 18.2 Å². The minimum atomic E-state index is 0.482. The van der Waals surface area contributed by atoms with Crippen molar-refractivity contribution in [2.45, 2.75) is 44.7 Å². The predicted octanol–water partition coefficient (Wildman–Crippen LogP) is 2.92. The van der Waals surface area contributed by atoms with Crippen LogP contribution < -0.4 is 10.6 Å². The summed E-state index contributed by atoms with van der Waals surface area (Å²) in [6.07, 6.45) is 4.69. The van der Waals surface area contributed by atoms with E-state index in [9.17, 15) is 0 Å². The molecule has 0 aliphatic carbocycles. The van der Waals surface area contributed by atoms with Crippen LogP contribution >= 0.6 is 12.2 Å². The SMILES string of the molecule is Cc1ccccc1NC(=S)NC1CCN(C2CCOCC2)CC1. The van der Waals surface area contributed by atoms with E-state index in [1.165, 1.54) is 18.4 Å². The standard InChI is InChI=1S/C18H27N3OS/c1-14-4-2-3-5-17(14)20-18(23)19-15-6-10-21(11-7-15)16-8-12-22-13-9-16/h2-5,15-16H,6-13H2,1H3,(H2,19,20,23). The van der Waals surface area contributed by atoms with Crippen molar-refractivity contribution in [1.82, 2.24) is 10.2 Å². The number of nitrogens with zero attached hydrogens (tertiary/aromatic N) is 1. The molecule has 0 amide bonds. The third kappa shape index (κ3) is 4.66. The van der Waals surface area contributed by atoms with Gasteiger partial charge >= 0.3 is 0 Å². The van der Waals surface area contributed by atoms with E-state index in [2.05, 4.69) is 34.6 Å². The molecule has 2 saturated heterocycles. The van der Waals surface area contributed by atoms with Crippen LogP contribution in [0.25, 0.3) is 0 Å². The van der Waals surface area contributed by atoms with Gasteiger partial charge in [0.1, 0.15) is 0 Å². The Morgan fingerprint density at radius 3 is 2.52 bits per heavy atom. The molecule has 3 rings (SSSR count). The van der Waals surface area contributed by atoms with Crippen molar-refractivity contribution in [1.29, 1.82) is 0 Å². The first-order valence-corrected chi connectivity index (χ1v) is 9.08. The Morgan fingerprint density at radius 2 is 1.83 bits per heavy atom. The monoisotopic (exact) mass is 333 g/mol. The van der Waals surface area contributed by atoms with Crippen LogP contribution in [0.4, 0.5) is 5.69 Å². The fourth-order valence-corrected chi connectivity index (χ4v) is 3.79. The van der Waals surface area contributed by atoms with Crippen LogP contribution in [0, 0.1) is 6.92 Å². The quantitative estimate of drug-likeness (QED) is 0.832. The Bertz CT molecular complexity index is 523. The van der Waals surface area contributed by atoms with E-state index >= 15 is 0 Å². The van der Waals surface area contributed by atoms with Crippen molar-refractivity contribution in [3.8, 4) is 0 Å². The lowest BCUT2D eigenvalue weighted by Gasteiger charge is -2.39. The molecule has 2 aliphatic heterocycles. The van der Waals surface area contributed by atoms with Crippen molar-refractivity contribution in [2.24, 2.45) is 0 Å². The summed E-state index contributed by atoms with van der Waals surface area (Å²) in [6, 6.07) is 9.44. The smallest absolute Gasteiger partial charge is 0.171 e. The van der Waals surface area contributed by atoms with E-state index in [0.717, 1.165) is 56.0 Å². The number of ether oxygens (including phenoxy) is 1. The highest BCUT2D eigenvalue weighted by Gasteiger charge is 2.26. The molecule has 0 unspecified atom stereocenters. The van der Waals surface area contributed by atoms with Crippen LogP contribution in [0.15, 0.2) is 24.3 Å². The lowest BCUT2D eigenvalue weighted by atomic mass is 10.00. The molecule has 5 heteroatoms. The molecule has 2 N–H and O–H groups in total. The molecular formula is C18H27N3OS. The second kappa shape index (κ2) is 8.08. The molecule has 0 bridgehead atoms. The van der Waals surface area contributed by atoms with Gasteiger partial charge in [0.25, 0.3) is 0 Å². The van der Waals surface area contributed by atoms with Crippen molar-refractivity contribution >= 4 is 23.0 Å². The average Bonchev–Trinajstić information content (AvgIpc) is 2.58. The summed E-state index contributed by atoms with van der Waals surface area (Å²) in [5, 5.41) is 7.55. The Kier molecular flexibility index (Phi) is 5.86. The molecule has 0 atom stereocenters. The normalized spacial score (nSPS) is 21.1. The first kappa shape index (κ1) is 16.7. The summed E-state index contributed by atoms with van der Waals surface area (Å²) >= 11 is 5.48. The third-order valence-corrected chi connectivity index (χ3v) is 5.19. The number of likely N-dealkylation sites (tertiary alicyclic amines) is 1. The summed E-state index contributed by atoms with van der Waals surface area (Å²) in [6.45, 7) is 6.27. The molecule has 0 spiro atoms. The molecule has 1 aromatic carbocycles. The van der Waals surface area contributed by atoms with Gasteiger partial charge in [0.2, 0.25) is 0 Å². The number of piperidine rings is 1. The Morgan fingerprint density at radius 1 is 1.13 bits per heavy atom. The van der Waals surface area contributed by atoms with E-state index in [1.807, 2.05) is 12.1 Å². The first-order chi connectivity index (χ1) is 11.2. The lowest BCUT2D eigenvalue weighted by Crippen LogP contribution is -2.49. The fraction of sp³-hybridized carbons (Fsp3) is 0.611. The van der Waals surface area contributed by atoms with E-state index in [1.54, 1.807) is 0 Å². The number of aryl methyl sites for hydroxylation is 1. The Labute approximate surface area is 144 Å². The molecule has 126 valence electrons. The van der Waals surface area contributed by atoms with E-state index < -0.39 is 0 Å². The molecule has 1 aromatic rings. The summed E-state index contributed by atoms with van der Waals surface area (Å²) in [4.78, 5) is 2.64. The van der Waals surface area contributed by atoms with Gasteiger partial charge in [-0.05, 0) is 56.5 Å². The minimum Gasteiger partial charge on any atom is -0.381 e. The molecule has 23 heavy (non-hydrogen) atoms. The van der Waals surface area contributed by atoms with Crippen LogP contribution in [-0.2, 0) is 4.74 Å². The predicted molar refractivity (Wildman–Crippen MR) is 99.0 cm³/mol. The number of nitrogens with one attached hydrogen (secondary N) is 2. The Hall–Kier alpha value is -1.17. The third-order valence-electron chi connectivity index (χ3n) is 4.97. The van der Waals surface area contributed by atoms with Gasteiger partial charge in [-0.3, -0.25) is 0 Å². The van der Waals surface area contributed by atoms with Crippen LogP contribution in [-0.4, -0.2) is 48.4 Å². The van der Waals surface area contributed by atoms with Crippen LogP contribution in [0.2, 0.25) is 0 Å². The zero-order chi connectivity index (χ0) is 16.1. The molecule has 2 fully saturated rings. The zero-order valence-electron chi connectivity index (χ0n) is 13.9. The number of anilines is 1. The molecular weight excluding hydrogens is 306 g/mol. The minimum absolute atomic E-state index is 0.482. The van der Waals surface area contributed by atoms with E-state index in [0.29, 0.717) is 6.04 Å². The fourth-order valence-electron chi connectivity index (χ4n) is 3.52. The number of hydrogen-bond acceptors (Lipinski definition) is 3. The molecule has 4 nitrogen and oxygen atoms in total. The van der Waals surface area contributed by atoms with Crippen molar-refractivity contribution in [3.05, 3.63) is 29.8 Å². The summed E-state index contributed by atoms with van der Waals surface area (Å²) < 4.78 is 5.47. The molecule has 2 heterocycles. The van der Waals surface area contributed by atoms with Crippen LogP contribution in [0.5, 0.6) is 0 Å². The maximum absolute atomic E-state index is 5.48. The highest BCUT2D eigenvalue weighted by molar-refractivity contribution is 7.80. The number of hydrogen-bond donors (Lipinski definition) is 2. The van der Waals surface area contributed by atoms with Gasteiger partial charge in [-0.2, -0.15) is 0 Å². The van der Waals surface area contributed by atoms with Crippen molar-refractivity contribution < 1.29 is 4.74 Å². The van der Waals surface area contributed by atoms with Gasteiger partial charge in [-0.15, -0.1) is 0 Å². The van der Waals surface area contributed by atoms with Gasteiger partial charge in [0.05, 0.1) is 0 Å². The lowest BCUT2D eigenvalue weighted by molar-refractivity contribution is 0.0247. The highest BCUT2D eigenvalue weighted by atomic mass is 32.1. The van der Waals surface area contributed by atoms with Gasteiger partial charge in [-0.25, -0.2) is 0 Å². The maximum Gasteiger partial charge on any atom is 0.171 e. The average molecular weight is 334 g/mol. The highest BCUT2D eigenvalue weighted by Crippen LogP contribution is 2.20. The molecule has 0 aromatic heterocycles. The van der Waals surface area contributed by atoms with Crippen molar-refractivity contribution in [3.63, 3.8) is 0 Å². The summed E-state index contributed by atoms with van der Waals surface area (Å²) in [7, 11) is 0. The number of para-hydroxylation sites is 1. The van der Waals surface area contributed by atoms with Crippen molar-refractivity contribution in [2.75, 3.05) is 31.6 Å². The second-order valence-corrected chi connectivity index (χ2v) is 6.98. The van der Waals surface area contributed by atoms with Crippen LogP contribution in [0.3, 0.4) is 0 Å². The molecule has 2 aliphatic rings.